The van der Waals surface area contributed by atoms with Crippen molar-refractivity contribution in [1.29, 1.82) is 0 Å². The average Bonchev–Trinajstić information content (AvgIpc) is 2.82. The van der Waals surface area contributed by atoms with Crippen LogP contribution in [-0.4, -0.2) is 5.91 Å². The fourth-order valence-electron chi connectivity index (χ4n) is 3.56. The number of benzene rings is 4. The Labute approximate surface area is 183 Å². The first-order chi connectivity index (χ1) is 15.1. The molecule has 156 valence electrons. The maximum Gasteiger partial charge on any atom is 0.255 e. The molecule has 1 N–H and O–H groups in total. The van der Waals surface area contributed by atoms with Gasteiger partial charge in [0.2, 0.25) is 0 Å². The Kier molecular flexibility index (Phi) is 6.32. The van der Waals surface area contributed by atoms with E-state index in [0.717, 1.165) is 28.8 Å². The molecule has 0 unspecified atom stereocenters. The van der Waals surface area contributed by atoms with Gasteiger partial charge in [-0.3, -0.25) is 4.79 Å². The number of carbonyl (C=O) groups is 1. The van der Waals surface area contributed by atoms with Gasteiger partial charge in [-0.05, 0) is 70.6 Å². The van der Waals surface area contributed by atoms with Crippen LogP contribution >= 0.6 is 0 Å². The van der Waals surface area contributed by atoms with Crippen LogP contribution < -0.4 is 10.1 Å². The molecule has 0 spiro atoms. The van der Waals surface area contributed by atoms with Crippen LogP contribution in [0.15, 0.2) is 91.0 Å². The minimum absolute atomic E-state index is 0.121. The van der Waals surface area contributed by atoms with Crippen molar-refractivity contribution < 1.29 is 9.53 Å². The zero-order valence-electron chi connectivity index (χ0n) is 18.0. The van der Waals surface area contributed by atoms with Gasteiger partial charge in [0.1, 0.15) is 12.4 Å². The number of carbonyl (C=O) groups excluding carboxylic acids is 1. The summed E-state index contributed by atoms with van der Waals surface area (Å²) in [5, 5.41) is 5.32. The van der Waals surface area contributed by atoms with Crippen molar-refractivity contribution in [2.45, 2.75) is 32.8 Å². The maximum absolute atomic E-state index is 12.7. The summed E-state index contributed by atoms with van der Waals surface area (Å²) in [6.07, 6.45) is 1.10. The molecule has 4 aromatic rings. The summed E-state index contributed by atoms with van der Waals surface area (Å²) in [6.45, 7) is 4.79. The largest absolute Gasteiger partial charge is 0.489 e. The number of amides is 1. The maximum atomic E-state index is 12.7. The van der Waals surface area contributed by atoms with Gasteiger partial charge in [0, 0.05) is 11.3 Å². The van der Waals surface area contributed by atoms with Crippen LogP contribution in [0.25, 0.3) is 10.8 Å². The number of hydrogen-bond acceptors (Lipinski definition) is 2. The minimum atomic E-state index is -0.121. The van der Waals surface area contributed by atoms with Gasteiger partial charge in [-0.2, -0.15) is 0 Å². The molecule has 1 atom stereocenters. The topological polar surface area (TPSA) is 38.3 Å². The van der Waals surface area contributed by atoms with Gasteiger partial charge >= 0.3 is 0 Å². The van der Waals surface area contributed by atoms with Crippen LogP contribution in [0, 0.1) is 0 Å². The third-order valence-electron chi connectivity index (χ3n) is 5.67. The monoisotopic (exact) mass is 409 g/mol. The lowest BCUT2D eigenvalue weighted by atomic mass is 9.98. The predicted octanol–water partition coefficient (Wildman–Crippen LogP) is 7.18. The summed E-state index contributed by atoms with van der Waals surface area (Å²) in [6, 6.07) is 29.9. The molecule has 0 aromatic heterocycles. The first-order valence-electron chi connectivity index (χ1n) is 10.7. The highest BCUT2D eigenvalue weighted by molar-refractivity contribution is 6.04. The van der Waals surface area contributed by atoms with Gasteiger partial charge in [0.25, 0.3) is 5.91 Å². The zero-order valence-corrected chi connectivity index (χ0v) is 18.0. The summed E-state index contributed by atoms with van der Waals surface area (Å²) in [7, 11) is 0. The standard InChI is InChI=1S/C28H27NO2/c1-3-20(2)22-11-14-26(15-12-22)29-28(30)25-10-6-7-21(17-25)19-31-27-16-13-23-8-4-5-9-24(23)18-27/h4-18,20H,3,19H2,1-2H3,(H,29,30)/t20-/m0/s1. The Hall–Kier alpha value is -3.59. The summed E-state index contributed by atoms with van der Waals surface area (Å²) in [5.41, 5.74) is 3.65. The van der Waals surface area contributed by atoms with E-state index in [0.29, 0.717) is 18.1 Å². The molecule has 3 nitrogen and oxygen atoms in total. The molecule has 0 radical (unpaired) electrons. The Bertz CT molecular complexity index is 1180. The second-order valence-corrected chi connectivity index (χ2v) is 7.88. The predicted molar refractivity (Wildman–Crippen MR) is 128 cm³/mol. The minimum Gasteiger partial charge on any atom is -0.489 e. The molecule has 0 saturated carbocycles. The lowest BCUT2D eigenvalue weighted by molar-refractivity contribution is 0.102. The average molecular weight is 410 g/mol. The van der Waals surface area contributed by atoms with E-state index < -0.39 is 0 Å². The van der Waals surface area contributed by atoms with Crippen molar-refractivity contribution in [2.75, 3.05) is 5.32 Å². The number of nitrogens with one attached hydrogen (secondary N) is 1. The highest BCUT2D eigenvalue weighted by atomic mass is 16.5. The lowest BCUT2D eigenvalue weighted by Gasteiger charge is -2.11. The highest BCUT2D eigenvalue weighted by Crippen LogP contribution is 2.23. The fourth-order valence-corrected chi connectivity index (χ4v) is 3.56. The molecule has 0 fully saturated rings. The second-order valence-electron chi connectivity index (χ2n) is 7.88. The molecule has 31 heavy (non-hydrogen) atoms. The number of ether oxygens (including phenoxy) is 1. The molecule has 0 heterocycles. The first-order valence-corrected chi connectivity index (χ1v) is 10.7. The van der Waals surface area contributed by atoms with Crippen molar-refractivity contribution >= 4 is 22.4 Å². The summed E-state index contributed by atoms with van der Waals surface area (Å²) in [4.78, 5) is 12.7. The number of fused-ring (bicyclic) bond motifs is 1. The molecule has 4 rings (SSSR count). The van der Waals surface area contributed by atoms with Gasteiger partial charge in [-0.15, -0.1) is 0 Å². The van der Waals surface area contributed by atoms with Crippen LogP contribution in [0.5, 0.6) is 5.75 Å². The fraction of sp³-hybridized carbons (Fsp3) is 0.179. The Morgan fingerprint density at radius 3 is 2.42 bits per heavy atom. The summed E-state index contributed by atoms with van der Waals surface area (Å²) >= 11 is 0. The third kappa shape index (κ3) is 5.13. The molecule has 0 bridgehead atoms. The SMILES string of the molecule is CC[C@H](C)c1ccc(NC(=O)c2cccc(COc3ccc4ccccc4c3)c2)cc1. The van der Waals surface area contributed by atoms with E-state index in [9.17, 15) is 4.79 Å². The number of rotatable bonds is 7. The van der Waals surface area contributed by atoms with E-state index >= 15 is 0 Å². The van der Waals surface area contributed by atoms with Gasteiger partial charge in [0.15, 0.2) is 0 Å². The van der Waals surface area contributed by atoms with Crippen molar-refractivity contribution in [3.63, 3.8) is 0 Å². The summed E-state index contributed by atoms with van der Waals surface area (Å²) in [5.74, 6) is 1.21. The molecule has 0 aliphatic carbocycles. The molecule has 0 saturated heterocycles. The van der Waals surface area contributed by atoms with Crippen molar-refractivity contribution in [2.24, 2.45) is 0 Å². The van der Waals surface area contributed by atoms with E-state index in [1.165, 1.54) is 10.9 Å². The molecular weight excluding hydrogens is 382 g/mol. The van der Waals surface area contributed by atoms with E-state index in [1.807, 2.05) is 60.7 Å². The number of anilines is 1. The van der Waals surface area contributed by atoms with Gasteiger partial charge in [-0.1, -0.05) is 68.4 Å². The van der Waals surface area contributed by atoms with Gasteiger partial charge < -0.3 is 10.1 Å². The van der Waals surface area contributed by atoms with Crippen molar-refractivity contribution in [3.8, 4) is 5.75 Å². The van der Waals surface area contributed by atoms with Gasteiger partial charge in [-0.25, -0.2) is 0 Å². The third-order valence-corrected chi connectivity index (χ3v) is 5.67. The van der Waals surface area contributed by atoms with Crippen LogP contribution in [0.3, 0.4) is 0 Å². The van der Waals surface area contributed by atoms with E-state index in [-0.39, 0.29) is 5.91 Å². The molecule has 0 aliphatic heterocycles. The van der Waals surface area contributed by atoms with Crippen LogP contribution in [0.2, 0.25) is 0 Å². The van der Waals surface area contributed by atoms with Gasteiger partial charge in [0.05, 0.1) is 0 Å². The summed E-state index contributed by atoms with van der Waals surface area (Å²) < 4.78 is 5.97. The van der Waals surface area contributed by atoms with Crippen LogP contribution in [0.1, 0.15) is 47.7 Å². The lowest BCUT2D eigenvalue weighted by Crippen LogP contribution is -2.12. The Morgan fingerprint density at radius 1 is 0.871 bits per heavy atom. The molecule has 0 aliphatic rings. The molecule has 4 aromatic carbocycles. The van der Waals surface area contributed by atoms with E-state index in [1.54, 1.807) is 0 Å². The van der Waals surface area contributed by atoms with E-state index in [4.69, 9.17) is 4.74 Å². The second kappa shape index (κ2) is 9.48. The van der Waals surface area contributed by atoms with Crippen LogP contribution in [0.4, 0.5) is 5.69 Å². The normalized spacial score (nSPS) is 11.8. The van der Waals surface area contributed by atoms with Crippen molar-refractivity contribution in [1.82, 2.24) is 0 Å². The zero-order chi connectivity index (χ0) is 21.6. The highest BCUT2D eigenvalue weighted by Gasteiger charge is 2.09. The molecular formula is C28H27NO2. The molecule has 3 heteroatoms. The Morgan fingerprint density at radius 2 is 1.65 bits per heavy atom. The Balaban J connectivity index is 1.40. The molecule has 1 amide bonds. The first kappa shape index (κ1) is 20.7. The van der Waals surface area contributed by atoms with Crippen LogP contribution in [-0.2, 0) is 6.61 Å². The van der Waals surface area contributed by atoms with E-state index in [2.05, 4.69) is 49.5 Å². The number of hydrogen-bond donors (Lipinski definition) is 1. The quantitative estimate of drug-likeness (QED) is 0.351. The smallest absolute Gasteiger partial charge is 0.255 e. The van der Waals surface area contributed by atoms with Crippen molar-refractivity contribution in [3.05, 3.63) is 108 Å².